The van der Waals surface area contributed by atoms with Gasteiger partial charge in [0.05, 0.1) is 11.4 Å². The summed E-state index contributed by atoms with van der Waals surface area (Å²) in [6.45, 7) is 0. The van der Waals surface area contributed by atoms with Crippen LogP contribution in [0.4, 0.5) is 5.69 Å². The number of carbonyl (C=O) groups excluding carboxylic acids is 1. The Bertz CT molecular complexity index is 505. The Balaban J connectivity index is 2.49. The molecule has 3 N–H and O–H groups in total. The summed E-state index contributed by atoms with van der Waals surface area (Å²) in [7, 11) is 1.59. The van der Waals surface area contributed by atoms with Crippen molar-refractivity contribution in [2.75, 3.05) is 12.8 Å². The minimum atomic E-state index is -0.145. The highest BCUT2D eigenvalue weighted by molar-refractivity contribution is 5.95. The van der Waals surface area contributed by atoms with Gasteiger partial charge in [-0.3, -0.25) is 4.79 Å². The number of hydrogen-bond donors (Lipinski definition) is 2. The van der Waals surface area contributed by atoms with Crippen molar-refractivity contribution in [3.8, 4) is 5.69 Å². The van der Waals surface area contributed by atoms with Crippen molar-refractivity contribution < 1.29 is 4.79 Å². The lowest BCUT2D eigenvalue weighted by Gasteiger charge is -2.07. The standard InChI is InChI=1S/C11H12N4O/c1-13-11(16)8-3-4-9(12)10(7-8)15-6-2-5-14-15/h2-7H,12H2,1H3,(H,13,16). The summed E-state index contributed by atoms with van der Waals surface area (Å²) in [6, 6.07) is 6.88. The minimum absolute atomic E-state index is 0.145. The molecule has 5 heteroatoms. The highest BCUT2D eigenvalue weighted by Crippen LogP contribution is 2.17. The number of nitrogens with two attached hydrogens (primary N) is 1. The second-order valence-electron chi connectivity index (χ2n) is 3.30. The number of nitrogens with zero attached hydrogens (tertiary/aromatic N) is 2. The number of anilines is 1. The van der Waals surface area contributed by atoms with Gasteiger partial charge >= 0.3 is 0 Å². The van der Waals surface area contributed by atoms with Gasteiger partial charge in [0, 0.05) is 25.0 Å². The number of carbonyl (C=O) groups is 1. The second-order valence-corrected chi connectivity index (χ2v) is 3.30. The van der Waals surface area contributed by atoms with E-state index in [1.54, 1.807) is 48.4 Å². The number of nitrogen functional groups attached to an aromatic ring is 1. The van der Waals surface area contributed by atoms with E-state index in [0.29, 0.717) is 16.9 Å². The molecule has 0 spiro atoms. The molecule has 1 amide bonds. The van der Waals surface area contributed by atoms with E-state index in [9.17, 15) is 4.79 Å². The minimum Gasteiger partial charge on any atom is -0.397 e. The van der Waals surface area contributed by atoms with Gasteiger partial charge in [0.25, 0.3) is 5.91 Å². The predicted molar refractivity (Wildman–Crippen MR) is 61.4 cm³/mol. The average molecular weight is 216 g/mol. The third-order valence-corrected chi connectivity index (χ3v) is 2.27. The number of hydrogen-bond acceptors (Lipinski definition) is 3. The maximum Gasteiger partial charge on any atom is 0.251 e. The summed E-state index contributed by atoms with van der Waals surface area (Å²) < 4.78 is 1.63. The zero-order chi connectivity index (χ0) is 11.5. The van der Waals surface area contributed by atoms with E-state index in [0.717, 1.165) is 0 Å². The summed E-state index contributed by atoms with van der Waals surface area (Å²) in [5.74, 6) is -0.145. The first-order valence-electron chi connectivity index (χ1n) is 4.84. The number of aromatic nitrogens is 2. The zero-order valence-electron chi connectivity index (χ0n) is 8.84. The number of benzene rings is 1. The maximum atomic E-state index is 11.5. The van der Waals surface area contributed by atoms with Gasteiger partial charge in [0.1, 0.15) is 0 Å². The largest absolute Gasteiger partial charge is 0.397 e. The van der Waals surface area contributed by atoms with Crippen molar-refractivity contribution in [3.05, 3.63) is 42.2 Å². The van der Waals surface area contributed by atoms with Crippen molar-refractivity contribution in [2.24, 2.45) is 0 Å². The molecule has 0 saturated carbocycles. The van der Waals surface area contributed by atoms with E-state index in [1.807, 2.05) is 0 Å². The van der Waals surface area contributed by atoms with Crippen LogP contribution < -0.4 is 11.1 Å². The summed E-state index contributed by atoms with van der Waals surface area (Å²) in [6.07, 6.45) is 3.44. The fraction of sp³-hybridized carbons (Fsp3) is 0.0909. The molecule has 0 fully saturated rings. The van der Waals surface area contributed by atoms with Crippen molar-refractivity contribution in [3.63, 3.8) is 0 Å². The van der Waals surface area contributed by atoms with Crippen LogP contribution in [0.1, 0.15) is 10.4 Å². The molecule has 0 aliphatic carbocycles. The van der Waals surface area contributed by atoms with Crippen molar-refractivity contribution in [1.82, 2.24) is 15.1 Å². The molecule has 16 heavy (non-hydrogen) atoms. The first-order chi connectivity index (χ1) is 7.72. The molecule has 0 bridgehead atoms. The van der Waals surface area contributed by atoms with Crippen molar-refractivity contribution >= 4 is 11.6 Å². The zero-order valence-corrected chi connectivity index (χ0v) is 8.84. The van der Waals surface area contributed by atoms with Gasteiger partial charge in [-0.1, -0.05) is 0 Å². The normalized spacial score (nSPS) is 10.1. The molecule has 2 aromatic rings. The fourth-order valence-electron chi connectivity index (χ4n) is 1.44. The topological polar surface area (TPSA) is 72.9 Å². The van der Waals surface area contributed by atoms with E-state index in [2.05, 4.69) is 10.4 Å². The monoisotopic (exact) mass is 216 g/mol. The molecule has 0 aliphatic heterocycles. The quantitative estimate of drug-likeness (QED) is 0.730. The van der Waals surface area contributed by atoms with Crippen LogP contribution in [0.3, 0.4) is 0 Å². The van der Waals surface area contributed by atoms with Gasteiger partial charge in [-0.2, -0.15) is 5.10 Å². The summed E-state index contributed by atoms with van der Waals surface area (Å²) in [5, 5.41) is 6.64. The van der Waals surface area contributed by atoms with Gasteiger partial charge in [-0.25, -0.2) is 4.68 Å². The number of rotatable bonds is 2. The lowest BCUT2D eigenvalue weighted by Crippen LogP contribution is -2.18. The molecule has 1 aromatic carbocycles. The fourth-order valence-corrected chi connectivity index (χ4v) is 1.44. The Labute approximate surface area is 92.9 Å². The van der Waals surface area contributed by atoms with Crippen LogP contribution in [0.5, 0.6) is 0 Å². The molecule has 2 rings (SSSR count). The van der Waals surface area contributed by atoms with Gasteiger partial charge in [-0.15, -0.1) is 0 Å². The van der Waals surface area contributed by atoms with Crippen LogP contribution in [0.15, 0.2) is 36.7 Å². The Hall–Kier alpha value is -2.30. The molecule has 0 aliphatic rings. The van der Waals surface area contributed by atoms with E-state index in [1.165, 1.54) is 0 Å². The number of nitrogens with one attached hydrogen (secondary N) is 1. The van der Waals surface area contributed by atoms with Crippen LogP contribution in [-0.4, -0.2) is 22.7 Å². The highest BCUT2D eigenvalue weighted by atomic mass is 16.1. The molecule has 0 saturated heterocycles. The van der Waals surface area contributed by atoms with E-state index in [-0.39, 0.29) is 5.91 Å². The molecule has 0 atom stereocenters. The van der Waals surface area contributed by atoms with Gasteiger partial charge < -0.3 is 11.1 Å². The molecule has 82 valence electrons. The molecule has 1 aromatic heterocycles. The Morgan fingerprint density at radius 2 is 2.31 bits per heavy atom. The Kier molecular flexibility index (Phi) is 2.59. The van der Waals surface area contributed by atoms with Gasteiger partial charge in [0.2, 0.25) is 0 Å². The van der Waals surface area contributed by atoms with E-state index in [4.69, 9.17) is 5.73 Å². The third-order valence-electron chi connectivity index (χ3n) is 2.27. The first kappa shape index (κ1) is 10.2. The lowest BCUT2D eigenvalue weighted by molar-refractivity contribution is 0.0963. The number of amides is 1. The van der Waals surface area contributed by atoms with Crippen LogP contribution >= 0.6 is 0 Å². The van der Waals surface area contributed by atoms with Crippen molar-refractivity contribution in [1.29, 1.82) is 0 Å². The Morgan fingerprint density at radius 3 is 2.94 bits per heavy atom. The van der Waals surface area contributed by atoms with Crippen LogP contribution in [0, 0.1) is 0 Å². The van der Waals surface area contributed by atoms with Gasteiger partial charge in [-0.05, 0) is 24.3 Å². The molecule has 1 heterocycles. The van der Waals surface area contributed by atoms with Crippen LogP contribution in [0.25, 0.3) is 5.69 Å². The Morgan fingerprint density at radius 1 is 1.50 bits per heavy atom. The van der Waals surface area contributed by atoms with E-state index >= 15 is 0 Å². The third kappa shape index (κ3) is 1.75. The lowest BCUT2D eigenvalue weighted by atomic mass is 10.1. The summed E-state index contributed by atoms with van der Waals surface area (Å²) in [5.41, 5.74) is 7.67. The van der Waals surface area contributed by atoms with Crippen LogP contribution in [0.2, 0.25) is 0 Å². The smallest absolute Gasteiger partial charge is 0.251 e. The summed E-state index contributed by atoms with van der Waals surface area (Å²) >= 11 is 0. The summed E-state index contributed by atoms with van der Waals surface area (Å²) in [4.78, 5) is 11.5. The SMILES string of the molecule is CNC(=O)c1ccc(N)c(-n2cccn2)c1. The van der Waals surface area contributed by atoms with E-state index < -0.39 is 0 Å². The van der Waals surface area contributed by atoms with Crippen LogP contribution in [-0.2, 0) is 0 Å². The highest BCUT2D eigenvalue weighted by Gasteiger charge is 2.08. The molecular formula is C11H12N4O. The molecule has 0 radical (unpaired) electrons. The first-order valence-corrected chi connectivity index (χ1v) is 4.84. The predicted octanol–water partition coefficient (Wildman–Crippen LogP) is 0.814. The molecule has 5 nitrogen and oxygen atoms in total. The second kappa shape index (κ2) is 4.06. The van der Waals surface area contributed by atoms with Crippen molar-refractivity contribution in [2.45, 2.75) is 0 Å². The van der Waals surface area contributed by atoms with Gasteiger partial charge in [0.15, 0.2) is 0 Å². The molecule has 0 unspecified atom stereocenters. The molecular weight excluding hydrogens is 204 g/mol. The maximum absolute atomic E-state index is 11.5. The average Bonchev–Trinajstić information content (AvgIpc) is 2.82.